The van der Waals surface area contributed by atoms with E-state index in [2.05, 4.69) is 327 Å². The standard InChI is InChI=1S/C86H60N2O2/c1-57-55-67(47-53-79(57)87(81-31-13-9-23-71(81)63-39-35-61(36-40-63)59-19-5-3-6-20-59)69-49-43-65(44-50-69)73-27-17-29-77-75-25-11-15-33-83(75)89-85(73)77)68-48-54-80(58(2)56-68)88(82-32-14-10-24-72(82)64-41-37-62(38-42-64)60-21-7-4-8-22-60)70-51-45-66(46-52-70)74-28-18-30-78-76-26-12-16-34-84(76)90-86(74)78/h3-56H,1-2H3. The van der Waals surface area contributed by atoms with Gasteiger partial charge < -0.3 is 18.6 Å². The molecule has 0 N–H and O–H groups in total. The van der Waals surface area contributed by atoms with Gasteiger partial charge in [-0.3, -0.25) is 0 Å². The minimum absolute atomic E-state index is 0.891. The Labute approximate surface area is 524 Å². The molecule has 0 saturated heterocycles. The molecule has 4 heteroatoms. The zero-order valence-electron chi connectivity index (χ0n) is 49.9. The van der Waals surface area contributed by atoms with Gasteiger partial charge in [-0.2, -0.15) is 0 Å². The predicted molar refractivity (Wildman–Crippen MR) is 378 cm³/mol. The summed E-state index contributed by atoms with van der Waals surface area (Å²) >= 11 is 0. The van der Waals surface area contributed by atoms with E-state index in [-0.39, 0.29) is 0 Å². The van der Waals surface area contributed by atoms with Crippen LogP contribution in [0.25, 0.3) is 122 Å². The average molecular weight is 1150 g/mol. The minimum atomic E-state index is 0.891. The molecule has 2 aromatic heterocycles. The van der Waals surface area contributed by atoms with Crippen LogP contribution in [0.2, 0.25) is 0 Å². The van der Waals surface area contributed by atoms with Crippen molar-refractivity contribution < 1.29 is 8.83 Å². The maximum atomic E-state index is 6.54. The zero-order chi connectivity index (χ0) is 60.1. The number of benzene rings is 14. The smallest absolute Gasteiger partial charge is 0.143 e. The molecule has 0 aliphatic heterocycles. The average Bonchev–Trinajstić information content (AvgIpc) is 1.43. The Morgan fingerprint density at radius 1 is 0.211 bits per heavy atom. The molecule has 426 valence electrons. The first kappa shape index (κ1) is 53.7. The summed E-state index contributed by atoms with van der Waals surface area (Å²) in [5, 5.41) is 4.47. The van der Waals surface area contributed by atoms with Crippen LogP contribution in [0.1, 0.15) is 11.1 Å². The lowest BCUT2D eigenvalue weighted by Crippen LogP contribution is -2.13. The first-order chi connectivity index (χ1) is 44.5. The van der Waals surface area contributed by atoms with Crippen molar-refractivity contribution in [1.82, 2.24) is 0 Å². The molecular formula is C86H60N2O2. The number of aryl methyl sites for hydroxylation is 2. The Balaban J connectivity index is 0.782. The van der Waals surface area contributed by atoms with Gasteiger partial charge in [-0.05, 0) is 153 Å². The number of nitrogens with zero attached hydrogens (tertiary/aromatic N) is 2. The van der Waals surface area contributed by atoms with Crippen molar-refractivity contribution in [3.05, 3.63) is 339 Å². The van der Waals surface area contributed by atoms with Crippen molar-refractivity contribution in [1.29, 1.82) is 0 Å². The molecule has 0 atom stereocenters. The monoisotopic (exact) mass is 1150 g/mol. The lowest BCUT2D eigenvalue weighted by atomic mass is 9.96. The molecule has 0 spiro atoms. The summed E-state index contributed by atoms with van der Waals surface area (Å²) in [5.41, 5.74) is 28.2. The molecule has 0 unspecified atom stereocenters. The van der Waals surface area contributed by atoms with E-state index in [1.165, 1.54) is 22.3 Å². The van der Waals surface area contributed by atoms with E-state index in [4.69, 9.17) is 8.83 Å². The molecule has 0 fully saturated rings. The minimum Gasteiger partial charge on any atom is -0.455 e. The second-order valence-corrected chi connectivity index (χ2v) is 23.2. The highest BCUT2D eigenvalue weighted by Crippen LogP contribution is 2.48. The molecule has 0 amide bonds. The van der Waals surface area contributed by atoms with Gasteiger partial charge in [-0.1, -0.05) is 255 Å². The van der Waals surface area contributed by atoms with E-state index in [0.717, 1.165) is 145 Å². The third-order valence-corrected chi connectivity index (χ3v) is 17.8. The quantitative estimate of drug-likeness (QED) is 0.115. The van der Waals surface area contributed by atoms with Crippen molar-refractivity contribution in [2.45, 2.75) is 13.8 Å². The van der Waals surface area contributed by atoms with Crippen LogP contribution in [0.4, 0.5) is 34.1 Å². The maximum absolute atomic E-state index is 6.54. The van der Waals surface area contributed by atoms with E-state index in [9.17, 15) is 0 Å². The first-order valence-electron chi connectivity index (χ1n) is 30.8. The molecule has 0 aliphatic carbocycles. The second-order valence-electron chi connectivity index (χ2n) is 23.2. The van der Waals surface area contributed by atoms with Crippen molar-refractivity contribution in [3.8, 4) is 77.9 Å². The summed E-state index contributed by atoms with van der Waals surface area (Å²) in [6, 6.07) is 118. The third-order valence-electron chi connectivity index (χ3n) is 17.8. The Hall–Kier alpha value is -11.7. The summed E-state index contributed by atoms with van der Waals surface area (Å²) in [7, 11) is 0. The molecule has 0 bridgehead atoms. The number of rotatable bonds is 13. The lowest BCUT2D eigenvalue weighted by Gasteiger charge is -2.30. The third kappa shape index (κ3) is 9.78. The summed E-state index contributed by atoms with van der Waals surface area (Å²) in [6.45, 7) is 4.48. The predicted octanol–water partition coefficient (Wildman–Crippen LogP) is 24.7. The van der Waals surface area contributed by atoms with Gasteiger partial charge in [0.25, 0.3) is 0 Å². The van der Waals surface area contributed by atoms with Crippen molar-refractivity contribution in [3.63, 3.8) is 0 Å². The normalized spacial score (nSPS) is 11.4. The first-order valence-corrected chi connectivity index (χ1v) is 30.8. The molecule has 0 saturated carbocycles. The van der Waals surface area contributed by atoms with Crippen LogP contribution in [0.5, 0.6) is 0 Å². The number of furan rings is 2. The molecule has 2 heterocycles. The summed E-state index contributed by atoms with van der Waals surface area (Å²) in [6.07, 6.45) is 0. The number of hydrogen-bond acceptors (Lipinski definition) is 4. The highest BCUT2D eigenvalue weighted by Gasteiger charge is 2.24. The Morgan fingerprint density at radius 3 is 0.922 bits per heavy atom. The highest BCUT2D eigenvalue weighted by molar-refractivity contribution is 6.11. The molecule has 0 aliphatic rings. The number of fused-ring (bicyclic) bond motifs is 6. The number of hydrogen-bond donors (Lipinski definition) is 0. The largest absolute Gasteiger partial charge is 0.455 e. The number of para-hydroxylation sites is 6. The number of anilines is 6. The van der Waals surface area contributed by atoms with Crippen LogP contribution < -0.4 is 9.80 Å². The van der Waals surface area contributed by atoms with E-state index in [1.807, 2.05) is 24.3 Å². The molecule has 0 radical (unpaired) electrons. The summed E-state index contributed by atoms with van der Waals surface area (Å²) < 4.78 is 13.1. The van der Waals surface area contributed by atoms with Gasteiger partial charge in [0, 0.05) is 66.5 Å². The molecule has 16 aromatic rings. The fraction of sp³-hybridized carbons (Fsp3) is 0.0233. The Bertz CT molecular complexity index is 4960. The van der Waals surface area contributed by atoms with Crippen molar-refractivity contribution >= 4 is 78.0 Å². The SMILES string of the molecule is Cc1cc(-c2ccc(N(c3ccc(-c4cccc5c4oc4ccccc45)cc3)c3ccccc3-c3ccc(-c4ccccc4)cc3)c(C)c2)ccc1N(c1ccc(-c2cccc3c2oc2ccccc23)cc1)c1ccccc1-c1ccc(-c2ccccc2)cc1. The second kappa shape index (κ2) is 22.9. The van der Waals surface area contributed by atoms with Gasteiger partial charge in [0.1, 0.15) is 22.3 Å². The molecule has 4 nitrogen and oxygen atoms in total. The highest BCUT2D eigenvalue weighted by atomic mass is 16.3. The van der Waals surface area contributed by atoms with Crippen LogP contribution in [-0.2, 0) is 0 Å². The van der Waals surface area contributed by atoms with Crippen LogP contribution in [0, 0.1) is 13.8 Å². The van der Waals surface area contributed by atoms with Crippen LogP contribution in [-0.4, -0.2) is 0 Å². The molecule has 16 rings (SSSR count). The van der Waals surface area contributed by atoms with Crippen molar-refractivity contribution in [2.24, 2.45) is 0 Å². The molecular weight excluding hydrogens is 1090 g/mol. The van der Waals surface area contributed by atoms with Crippen LogP contribution in [0.15, 0.2) is 336 Å². The van der Waals surface area contributed by atoms with E-state index in [1.54, 1.807) is 0 Å². The summed E-state index contributed by atoms with van der Waals surface area (Å²) in [4.78, 5) is 4.85. The fourth-order valence-electron chi connectivity index (χ4n) is 13.3. The maximum Gasteiger partial charge on any atom is 0.143 e. The van der Waals surface area contributed by atoms with Gasteiger partial charge in [0.05, 0.1) is 11.4 Å². The van der Waals surface area contributed by atoms with Gasteiger partial charge in [-0.25, -0.2) is 0 Å². The van der Waals surface area contributed by atoms with Crippen LogP contribution >= 0.6 is 0 Å². The zero-order valence-corrected chi connectivity index (χ0v) is 49.9. The van der Waals surface area contributed by atoms with Gasteiger partial charge in [0.15, 0.2) is 0 Å². The Morgan fingerprint density at radius 2 is 0.511 bits per heavy atom. The van der Waals surface area contributed by atoms with Gasteiger partial charge in [0.2, 0.25) is 0 Å². The van der Waals surface area contributed by atoms with Gasteiger partial charge in [-0.15, -0.1) is 0 Å². The Kier molecular flexibility index (Phi) is 13.6. The summed E-state index contributed by atoms with van der Waals surface area (Å²) in [5.74, 6) is 0. The van der Waals surface area contributed by atoms with Crippen molar-refractivity contribution in [2.75, 3.05) is 9.80 Å². The topological polar surface area (TPSA) is 32.8 Å². The van der Waals surface area contributed by atoms with E-state index >= 15 is 0 Å². The lowest BCUT2D eigenvalue weighted by molar-refractivity contribution is 0.669. The van der Waals surface area contributed by atoms with Crippen LogP contribution in [0.3, 0.4) is 0 Å². The van der Waals surface area contributed by atoms with E-state index in [0.29, 0.717) is 0 Å². The fourth-order valence-corrected chi connectivity index (χ4v) is 13.3. The molecule has 90 heavy (non-hydrogen) atoms. The van der Waals surface area contributed by atoms with Gasteiger partial charge >= 0.3 is 0 Å². The molecule has 14 aromatic carbocycles. The van der Waals surface area contributed by atoms with E-state index < -0.39 is 0 Å².